The van der Waals surface area contributed by atoms with Crippen molar-refractivity contribution in [1.29, 1.82) is 0 Å². The van der Waals surface area contributed by atoms with E-state index in [0.29, 0.717) is 92.5 Å². The molecule has 0 bridgehead atoms. The van der Waals surface area contributed by atoms with Crippen molar-refractivity contribution in [3.05, 3.63) is 0 Å². The van der Waals surface area contributed by atoms with E-state index in [2.05, 4.69) is 6.92 Å². The standard InChI is InChI=1S/C18H39N.C16H34O9/c1-2-3-4-5-6-7-8-9-10-11-12-13-14-15-16-17-18-19;17-1-3-19-5-7-21-9-11-23-13-15-25-16-14-24-12-10-22-8-6-20-4-2-18/h2-19H2,1H3;17-18H,1-16H2. The summed E-state index contributed by atoms with van der Waals surface area (Å²) in [6.45, 7) is 9.97. The number of aliphatic hydroxyl groups excluding tert-OH is 2. The molecule has 0 aliphatic rings. The zero-order chi connectivity index (χ0) is 32.3. The van der Waals surface area contributed by atoms with Crippen molar-refractivity contribution in [2.75, 3.05) is 112 Å². The van der Waals surface area contributed by atoms with E-state index in [1.54, 1.807) is 0 Å². The molecule has 0 fully saturated rings. The zero-order valence-electron chi connectivity index (χ0n) is 28.7. The number of nitrogens with two attached hydrogens (primary N) is 1. The van der Waals surface area contributed by atoms with E-state index in [4.69, 9.17) is 49.1 Å². The lowest BCUT2D eigenvalue weighted by Gasteiger charge is -2.08. The van der Waals surface area contributed by atoms with Crippen molar-refractivity contribution in [3.8, 4) is 0 Å². The third-order valence-corrected chi connectivity index (χ3v) is 6.76. The summed E-state index contributed by atoms with van der Waals surface area (Å²) in [5.74, 6) is 0. The van der Waals surface area contributed by atoms with Crippen LogP contribution in [0.25, 0.3) is 0 Å². The predicted molar refractivity (Wildman–Crippen MR) is 179 cm³/mol. The van der Waals surface area contributed by atoms with Gasteiger partial charge in [0.15, 0.2) is 0 Å². The highest BCUT2D eigenvalue weighted by atomic mass is 16.6. The number of hydrogen-bond acceptors (Lipinski definition) is 10. The largest absolute Gasteiger partial charge is 0.394 e. The van der Waals surface area contributed by atoms with Gasteiger partial charge in [-0.25, -0.2) is 0 Å². The van der Waals surface area contributed by atoms with Gasteiger partial charge in [-0.1, -0.05) is 103 Å². The highest BCUT2D eigenvalue weighted by molar-refractivity contribution is 4.50. The average molecular weight is 640 g/mol. The topological polar surface area (TPSA) is 131 Å². The van der Waals surface area contributed by atoms with Gasteiger partial charge < -0.3 is 49.1 Å². The number of ether oxygens (including phenoxy) is 7. The van der Waals surface area contributed by atoms with Crippen LogP contribution in [0, 0.1) is 0 Å². The Morgan fingerprint density at radius 1 is 0.318 bits per heavy atom. The van der Waals surface area contributed by atoms with Gasteiger partial charge in [-0.2, -0.15) is 0 Å². The maximum atomic E-state index is 8.50. The van der Waals surface area contributed by atoms with E-state index >= 15 is 0 Å². The Bertz CT molecular complexity index is 426. The first-order chi connectivity index (χ1) is 21.8. The fraction of sp³-hybridized carbons (Fsp3) is 1.00. The zero-order valence-corrected chi connectivity index (χ0v) is 28.7. The summed E-state index contributed by atoms with van der Waals surface area (Å²) in [7, 11) is 0. The summed E-state index contributed by atoms with van der Waals surface area (Å²) < 4.78 is 36.7. The van der Waals surface area contributed by atoms with Gasteiger partial charge in [0.05, 0.1) is 106 Å². The van der Waals surface area contributed by atoms with Gasteiger partial charge in [0.1, 0.15) is 0 Å². The third kappa shape index (κ3) is 48.5. The van der Waals surface area contributed by atoms with Gasteiger partial charge in [0.25, 0.3) is 0 Å². The quantitative estimate of drug-likeness (QED) is 0.0766. The van der Waals surface area contributed by atoms with Crippen LogP contribution < -0.4 is 5.73 Å². The van der Waals surface area contributed by atoms with Crippen LogP contribution in [-0.4, -0.2) is 122 Å². The highest BCUT2D eigenvalue weighted by Gasteiger charge is 1.96. The lowest BCUT2D eigenvalue weighted by Crippen LogP contribution is -2.14. The van der Waals surface area contributed by atoms with Gasteiger partial charge >= 0.3 is 0 Å². The van der Waals surface area contributed by atoms with Crippen LogP contribution in [0.4, 0.5) is 0 Å². The molecule has 0 radical (unpaired) electrons. The summed E-state index contributed by atoms with van der Waals surface area (Å²) >= 11 is 0. The number of hydrogen-bond donors (Lipinski definition) is 3. The smallest absolute Gasteiger partial charge is 0.0701 e. The normalized spacial score (nSPS) is 11.2. The Morgan fingerprint density at radius 2 is 0.523 bits per heavy atom. The molecule has 0 rings (SSSR count). The maximum absolute atomic E-state index is 8.50. The molecule has 268 valence electrons. The number of unbranched alkanes of at least 4 members (excludes halogenated alkanes) is 15. The molecule has 0 aromatic heterocycles. The Hall–Kier alpha value is -0.400. The van der Waals surface area contributed by atoms with Crippen molar-refractivity contribution in [1.82, 2.24) is 0 Å². The molecule has 0 unspecified atom stereocenters. The Morgan fingerprint density at radius 3 is 0.727 bits per heavy atom. The van der Waals surface area contributed by atoms with E-state index in [9.17, 15) is 0 Å². The van der Waals surface area contributed by atoms with E-state index in [1.807, 2.05) is 0 Å². The molecular weight excluding hydrogens is 566 g/mol. The first kappa shape index (κ1) is 45.7. The van der Waals surface area contributed by atoms with Crippen molar-refractivity contribution in [2.45, 2.75) is 110 Å². The van der Waals surface area contributed by atoms with Crippen LogP contribution in [0.15, 0.2) is 0 Å². The second-order valence-electron chi connectivity index (χ2n) is 10.8. The van der Waals surface area contributed by atoms with Crippen molar-refractivity contribution in [3.63, 3.8) is 0 Å². The fourth-order valence-corrected chi connectivity index (χ4v) is 4.24. The predicted octanol–water partition coefficient (Wildman–Crippen LogP) is 5.29. The molecule has 0 aliphatic heterocycles. The second-order valence-corrected chi connectivity index (χ2v) is 10.8. The fourth-order valence-electron chi connectivity index (χ4n) is 4.24. The van der Waals surface area contributed by atoms with Crippen molar-refractivity contribution in [2.24, 2.45) is 5.73 Å². The number of aliphatic hydroxyl groups is 2. The van der Waals surface area contributed by atoms with Crippen LogP contribution in [0.3, 0.4) is 0 Å². The summed E-state index contributed by atoms with van der Waals surface area (Å²) in [4.78, 5) is 0. The molecular formula is C34H73NO9. The van der Waals surface area contributed by atoms with E-state index in [-0.39, 0.29) is 13.2 Å². The number of rotatable bonds is 38. The first-order valence-corrected chi connectivity index (χ1v) is 17.8. The molecule has 10 heteroatoms. The Kier molecular flexibility index (Phi) is 48.9. The third-order valence-electron chi connectivity index (χ3n) is 6.76. The molecule has 0 amide bonds. The average Bonchev–Trinajstić information content (AvgIpc) is 3.04. The van der Waals surface area contributed by atoms with Crippen LogP contribution in [0.2, 0.25) is 0 Å². The molecule has 44 heavy (non-hydrogen) atoms. The Balaban J connectivity index is 0. The minimum atomic E-state index is 0.0312. The van der Waals surface area contributed by atoms with Gasteiger partial charge in [-0.05, 0) is 13.0 Å². The molecule has 0 saturated heterocycles. The van der Waals surface area contributed by atoms with E-state index < -0.39 is 0 Å². The van der Waals surface area contributed by atoms with Gasteiger partial charge in [0, 0.05) is 0 Å². The highest BCUT2D eigenvalue weighted by Crippen LogP contribution is 2.13. The molecule has 0 saturated carbocycles. The lowest BCUT2D eigenvalue weighted by atomic mass is 10.0. The SMILES string of the molecule is CCCCCCCCCCCCCCCCCCN.OCCOCCOCCOCCOCCOCCOCCOCCO. The summed E-state index contributed by atoms with van der Waals surface area (Å²) in [6.07, 6.45) is 22.9. The van der Waals surface area contributed by atoms with Crippen LogP contribution >= 0.6 is 0 Å². The maximum Gasteiger partial charge on any atom is 0.0701 e. The molecule has 0 aromatic carbocycles. The van der Waals surface area contributed by atoms with Crippen LogP contribution in [0.5, 0.6) is 0 Å². The van der Waals surface area contributed by atoms with E-state index in [1.165, 1.54) is 103 Å². The monoisotopic (exact) mass is 640 g/mol. The molecule has 0 atom stereocenters. The van der Waals surface area contributed by atoms with Crippen molar-refractivity contribution >= 4 is 0 Å². The summed E-state index contributed by atoms with van der Waals surface area (Å²) in [5.41, 5.74) is 5.48. The molecule has 10 nitrogen and oxygen atoms in total. The Labute approximate surface area is 271 Å². The van der Waals surface area contributed by atoms with Gasteiger partial charge in [0.2, 0.25) is 0 Å². The molecule has 4 N–H and O–H groups in total. The minimum absolute atomic E-state index is 0.0312. The van der Waals surface area contributed by atoms with Crippen LogP contribution in [0.1, 0.15) is 110 Å². The second kappa shape index (κ2) is 47.0. The van der Waals surface area contributed by atoms with Crippen molar-refractivity contribution < 1.29 is 43.4 Å². The molecule has 0 spiro atoms. The summed E-state index contributed by atoms with van der Waals surface area (Å²) in [5, 5.41) is 17.0. The summed E-state index contributed by atoms with van der Waals surface area (Å²) in [6, 6.07) is 0. The van der Waals surface area contributed by atoms with Gasteiger partial charge in [-0.3, -0.25) is 0 Å². The first-order valence-electron chi connectivity index (χ1n) is 17.8. The van der Waals surface area contributed by atoms with Gasteiger partial charge in [-0.15, -0.1) is 0 Å². The minimum Gasteiger partial charge on any atom is -0.394 e. The molecule has 0 heterocycles. The lowest BCUT2D eigenvalue weighted by molar-refractivity contribution is -0.0223. The molecule has 0 aromatic rings. The molecule has 0 aliphatic carbocycles. The van der Waals surface area contributed by atoms with E-state index in [0.717, 1.165) is 6.54 Å². The van der Waals surface area contributed by atoms with Crippen LogP contribution in [-0.2, 0) is 33.2 Å².